The quantitative estimate of drug-likeness (QED) is 0.791. The van der Waals surface area contributed by atoms with Crippen molar-refractivity contribution < 1.29 is 4.79 Å². The summed E-state index contributed by atoms with van der Waals surface area (Å²) >= 11 is 5.02. The van der Waals surface area contributed by atoms with Crippen molar-refractivity contribution >= 4 is 39.4 Å². The smallest absolute Gasteiger partial charge is 0.255 e. The van der Waals surface area contributed by atoms with Gasteiger partial charge in [0, 0.05) is 29.5 Å². The highest BCUT2D eigenvalue weighted by Crippen LogP contribution is 2.17. The molecule has 1 heterocycles. The van der Waals surface area contributed by atoms with Crippen LogP contribution in [-0.4, -0.2) is 36.0 Å². The van der Waals surface area contributed by atoms with Crippen molar-refractivity contribution in [1.29, 1.82) is 0 Å². The van der Waals surface area contributed by atoms with Gasteiger partial charge in [0.2, 0.25) is 0 Å². The van der Waals surface area contributed by atoms with Crippen LogP contribution in [0.25, 0.3) is 0 Å². The third-order valence-corrected chi connectivity index (χ3v) is 3.08. The maximum absolute atomic E-state index is 11.9. The fraction of sp³-hybridized carbons (Fsp3) is 0.455. The fourth-order valence-electron chi connectivity index (χ4n) is 1.28. The van der Waals surface area contributed by atoms with Gasteiger partial charge in [-0.3, -0.25) is 4.79 Å². The normalized spacial score (nSPS) is 10.1. The van der Waals surface area contributed by atoms with Crippen LogP contribution in [0.1, 0.15) is 17.3 Å². The largest absolute Gasteiger partial charge is 0.370 e. The number of nitrogens with one attached hydrogen (secondary N) is 2. The van der Waals surface area contributed by atoms with E-state index in [9.17, 15) is 4.79 Å². The molecule has 0 aliphatic heterocycles. The molecule has 0 atom stereocenters. The van der Waals surface area contributed by atoms with Gasteiger partial charge in [-0.1, -0.05) is 0 Å². The van der Waals surface area contributed by atoms with E-state index >= 15 is 0 Å². The summed E-state index contributed by atoms with van der Waals surface area (Å²) in [6.45, 7) is 3.37. The number of carbonyl (C=O) groups is 1. The number of pyridine rings is 1. The van der Waals surface area contributed by atoms with Crippen molar-refractivity contribution in [3.8, 4) is 0 Å². The zero-order chi connectivity index (χ0) is 12.7. The van der Waals surface area contributed by atoms with Gasteiger partial charge in [0.25, 0.3) is 5.91 Å². The number of hydrogen-bond donors (Lipinski definition) is 2. The summed E-state index contributed by atoms with van der Waals surface area (Å²) in [5, 5.41) is 5.94. The molecule has 0 aliphatic rings. The van der Waals surface area contributed by atoms with E-state index in [1.165, 1.54) is 0 Å². The Morgan fingerprint density at radius 3 is 3.00 bits per heavy atom. The van der Waals surface area contributed by atoms with Gasteiger partial charge >= 0.3 is 0 Å². The van der Waals surface area contributed by atoms with Crippen molar-refractivity contribution in [2.75, 3.05) is 30.4 Å². The topological polar surface area (TPSA) is 54.0 Å². The molecule has 0 aromatic carbocycles. The first-order valence-electron chi connectivity index (χ1n) is 5.35. The van der Waals surface area contributed by atoms with Gasteiger partial charge in [0.15, 0.2) is 0 Å². The molecule has 6 heteroatoms. The molecular formula is C11H16BrN3OS. The van der Waals surface area contributed by atoms with Gasteiger partial charge in [0.05, 0.1) is 5.56 Å². The third kappa shape index (κ3) is 4.55. The molecule has 1 aromatic heterocycles. The Morgan fingerprint density at radius 2 is 2.35 bits per heavy atom. The number of thioether (sulfide) groups is 1. The average Bonchev–Trinajstić information content (AvgIpc) is 2.32. The zero-order valence-corrected chi connectivity index (χ0v) is 12.3. The minimum absolute atomic E-state index is 0.0937. The Kier molecular flexibility index (Phi) is 6.36. The second-order valence-electron chi connectivity index (χ2n) is 3.33. The van der Waals surface area contributed by atoms with Crippen molar-refractivity contribution in [3.05, 3.63) is 22.3 Å². The lowest BCUT2D eigenvalue weighted by Crippen LogP contribution is -2.27. The van der Waals surface area contributed by atoms with Crippen molar-refractivity contribution in [3.63, 3.8) is 0 Å². The Bertz CT molecular complexity index is 387. The standard InChI is InChI=1S/C11H16BrN3OS/c1-3-13-10-9(6-8(12)7-15-10)11(16)14-4-5-17-2/h6-7H,3-5H2,1-2H3,(H,13,15)(H,14,16). The molecule has 0 bridgehead atoms. The van der Waals surface area contributed by atoms with Gasteiger partial charge in [-0.15, -0.1) is 0 Å². The summed E-state index contributed by atoms with van der Waals surface area (Å²) in [6, 6.07) is 1.78. The number of anilines is 1. The third-order valence-electron chi connectivity index (χ3n) is 2.03. The van der Waals surface area contributed by atoms with Crippen LogP contribution in [0.3, 0.4) is 0 Å². The lowest BCUT2D eigenvalue weighted by molar-refractivity contribution is 0.0956. The maximum Gasteiger partial charge on any atom is 0.255 e. The molecule has 17 heavy (non-hydrogen) atoms. The summed E-state index contributed by atoms with van der Waals surface area (Å²) in [5.74, 6) is 1.44. The van der Waals surface area contributed by atoms with Gasteiger partial charge in [-0.25, -0.2) is 4.98 Å². The molecule has 0 spiro atoms. The number of nitrogens with zero attached hydrogens (tertiary/aromatic N) is 1. The van der Waals surface area contributed by atoms with E-state index in [0.29, 0.717) is 17.9 Å². The molecule has 0 saturated carbocycles. The Labute approximate surface area is 114 Å². The van der Waals surface area contributed by atoms with Crippen LogP contribution >= 0.6 is 27.7 Å². The number of hydrogen-bond acceptors (Lipinski definition) is 4. The predicted octanol–water partition coefficient (Wildman–Crippen LogP) is 2.37. The summed E-state index contributed by atoms with van der Waals surface area (Å²) in [7, 11) is 0. The number of rotatable bonds is 6. The van der Waals surface area contributed by atoms with E-state index in [1.807, 2.05) is 13.2 Å². The Balaban J connectivity index is 2.78. The number of halogens is 1. The monoisotopic (exact) mass is 317 g/mol. The molecule has 1 amide bonds. The van der Waals surface area contributed by atoms with E-state index in [-0.39, 0.29) is 5.91 Å². The second kappa shape index (κ2) is 7.55. The molecule has 0 unspecified atom stereocenters. The lowest BCUT2D eigenvalue weighted by Gasteiger charge is -2.10. The zero-order valence-electron chi connectivity index (χ0n) is 9.92. The lowest BCUT2D eigenvalue weighted by atomic mass is 10.2. The molecule has 1 aromatic rings. The number of amides is 1. The van der Waals surface area contributed by atoms with Gasteiger partial charge < -0.3 is 10.6 Å². The summed E-state index contributed by atoms with van der Waals surface area (Å²) < 4.78 is 0.800. The molecular weight excluding hydrogens is 302 g/mol. The molecule has 2 N–H and O–H groups in total. The molecule has 4 nitrogen and oxygen atoms in total. The number of aromatic nitrogens is 1. The van der Waals surface area contributed by atoms with Crippen LogP contribution < -0.4 is 10.6 Å². The molecule has 0 fully saturated rings. The van der Waals surface area contributed by atoms with E-state index < -0.39 is 0 Å². The van der Waals surface area contributed by atoms with E-state index in [0.717, 1.165) is 16.8 Å². The maximum atomic E-state index is 11.9. The second-order valence-corrected chi connectivity index (χ2v) is 5.23. The van der Waals surface area contributed by atoms with Crippen molar-refractivity contribution in [1.82, 2.24) is 10.3 Å². The van der Waals surface area contributed by atoms with Crippen LogP contribution in [0.5, 0.6) is 0 Å². The highest BCUT2D eigenvalue weighted by Gasteiger charge is 2.12. The van der Waals surface area contributed by atoms with Crippen LogP contribution in [0.4, 0.5) is 5.82 Å². The van der Waals surface area contributed by atoms with Gasteiger partial charge in [0.1, 0.15) is 5.82 Å². The minimum Gasteiger partial charge on any atom is -0.370 e. The number of carbonyl (C=O) groups excluding carboxylic acids is 1. The van der Waals surface area contributed by atoms with E-state index in [2.05, 4.69) is 31.5 Å². The molecule has 0 radical (unpaired) electrons. The SMILES string of the molecule is CCNc1ncc(Br)cc1C(=O)NCCSC. The summed E-state index contributed by atoms with van der Waals surface area (Å²) in [4.78, 5) is 16.1. The molecule has 0 saturated heterocycles. The Hall–Kier alpha value is -0.750. The van der Waals surface area contributed by atoms with Crippen molar-refractivity contribution in [2.24, 2.45) is 0 Å². The first-order valence-corrected chi connectivity index (χ1v) is 7.54. The Morgan fingerprint density at radius 1 is 1.59 bits per heavy atom. The highest BCUT2D eigenvalue weighted by molar-refractivity contribution is 9.10. The minimum atomic E-state index is -0.0937. The highest BCUT2D eigenvalue weighted by atomic mass is 79.9. The van der Waals surface area contributed by atoms with Crippen LogP contribution in [0.15, 0.2) is 16.7 Å². The van der Waals surface area contributed by atoms with Crippen LogP contribution in [-0.2, 0) is 0 Å². The summed E-state index contributed by atoms with van der Waals surface area (Å²) in [5.41, 5.74) is 0.572. The first-order chi connectivity index (χ1) is 8.19. The van der Waals surface area contributed by atoms with E-state index in [1.54, 1.807) is 24.0 Å². The fourth-order valence-corrected chi connectivity index (χ4v) is 1.92. The molecule has 94 valence electrons. The van der Waals surface area contributed by atoms with Gasteiger partial charge in [-0.2, -0.15) is 11.8 Å². The van der Waals surface area contributed by atoms with Crippen LogP contribution in [0.2, 0.25) is 0 Å². The van der Waals surface area contributed by atoms with E-state index in [4.69, 9.17) is 0 Å². The molecule has 1 rings (SSSR count). The summed E-state index contributed by atoms with van der Waals surface area (Å²) in [6.07, 6.45) is 3.69. The van der Waals surface area contributed by atoms with Crippen molar-refractivity contribution in [2.45, 2.75) is 6.92 Å². The van der Waals surface area contributed by atoms with Gasteiger partial charge in [-0.05, 0) is 35.2 Å². The average molecular weight is 318 g/mol. The molecule has 0 aliphatic carbocycles. The van der Waals surface area contributed by atoms with Crippen LogP contribution in [0, 0.1) is 0 Å². The first kappa shape index (κ1) is 14.3. The predicted molar refractivity (Wildman–Crippen MR) is 76.8 cm³/mol.